The standard InChI is InChI=1S/C9H7BrO3S/c10-7-3-2-6(14-7)9(12)5-1-4-8(11)13-5/h2-3,5H,1,4H2. The normalized spacial score (nSPS) is 20.9. The molecule has 14 heavy (non-hydrogen) atoms. The van der Waals surface area contributed by atoms with Gasteiger partial charge in [0.25, 0.3) is 0 Å². The van der Waals surface area contributed by atoms with Crippen LogP contribution in [0.3, 0.4) is 0 Å². The summed E-state index contributed by atoms with van der Waals surface area (Å²) in [7, 11) is 0. The van der Waals surface area contributed by atoms with Crippen LogP contribution in [0.15, 0.2) is 15.9 Å². The molecule has 0 aliphatic carbocycles. The fourth-order valence-electron chi connectivity index (χ4n) is 1.32. The molecule has 1 atom stereocenters. The first-order valence-electron chi connectivity index (χ1n) is 4.16. The Morgan fingerprint density at radius 2 is 2.36 bits per heavy atom. The first-order valence-corrected chi connectivity index (χ1v) is 5.77. The Hall–Kier alpha value is -0.680. The number of thiophene rings is 1. The minimum Gasteiger partial charge on any atom is -0.454 e. The third-order valence-corrected chi connectivity index (χ3v) is 3.63. The summed E-state index contributed by atoms with van der Waals surface area (Å²) >= 11 is 4.64. The number of Topliss-reactive ketones (excluding diaryl/α,β-unsaturated/α-hetero) is 1. The van der Waals surface area contributed by atoms with E-state index in [0.717, 1.165) is 3.79 Å². The molecule has 1 aromatic rings. The van der Waals surface area contributed by atoms with Gasteiger partial charge in [-0.1, -0.05) is 0 Å². The van der Waals surface area contributed by atoms with Gasteiger partial charge in [0.2, 0.25) is 5.78 Å². The lowest BCUT2D eigenvalue weighted by Crippen LogP contribution is -2.19. The topological polar surface area (TPSA) is 43.4 Å². The van der Waals surface area contributed by atoms with Gasteiger partial charge in [-0.2, -0.15) is 0 Å². The van der Waals surface area contributed by atoms with Gasteiger partial charge in [0, 0.05) is 12.8 Å². The summed E-state index contributed by atoms with van der Waals surface area (Å²) < 4.78 is 5.80. The number of ketones is 1. The van der Waals surface area contributed by atoms with Gasteiger partial charge < -0.3 is 4.74 Å². The zero-order chi connectivity index (χ0) is 10.1. The number of cyclic esters (lactones) is 1. The number of hydrogen-bond acceptors (Lipinski definition) is 4. The highest BCUT2D eigenvalue weighted by Crippen LogP contribution is 2.26. The summed E-state index contributed by atoms with van der Waals surface area (Å²) in [6, 6.07) is 3.55. The molecule has 1 aliphatic rings. The van der Waals surface area contributed by atoms with Gasteiger partial charge in [-0.3, -0.25) is 9.59 Å². The number of ether oxygens (including phenoxy) is 1. The molecule has 1 unspecified atom stereocenters. The predicted octanol–water partition coefficient (Wildman–Crippen LogP) is 2.40. The Kier molecular flexibility index (Phi) is 2.69. The quantitative estimate of drug-likeness (QED) is 0.615. The summed E-state index contributed by atoms with van der Waals surface area (Å²) in [6.45, 7) is 0. The van der Waals surface area contributed by atoms with E-state index in [0.29, 0.717) is 17.7 Å². The average Bonchev–Trinajstić information content (AvgIpc) is 2.73. The summed E-state index contributed by atoms with van der Waals surface area (Å²) in [6.07, 6.45) is 0.295. The van der Waals surface area contributed by atoms with Crippen molar-refractivity contribution >= 4 is 39.0 Å². The molecule has 0 N–H and O–H groups in total. The van der Waals surface area contributed by atoms with Crippen molar-refractivity contribution in [2.45, 2.75) is 18.9 Å². The van der Waals surface area contributed by atoms with Gasteiger partial charge in [0.15, 0.2) is 6.10 Å². The lowest BCUT2D eigenvalue weighted by molar-refractivity contribution is -0.140. The Bertz CT molecular complexity index is 385. The molecule has 74 valence electrons. The second-order valence-corrected chi connectivity index (χ2v) is 5.45. The zero-order valence-electron chi connectivity index (χ0n) is 7.16. The van der Waals surface area contributed by atoms with E-state index in [9.17, 15) is 9.59 Å². The van der Waals surface area contributed by atoms with Crippen molar-refractivity contribution in [2.24, 2.45) is 0 Å². The van der Waals surface area contributed by atoms with E-state index in [4.69, 9.17) is 4.74 Å². The molecule has 0 spiro atoms. The van der Waals surface area contributed by atoms with E-state index in [-0.39, 0.29) is 11.8 Å². The number of carbonyl (C=O) groups is 2. The first-order chi connectivity index (χ1) is 6.66. The van der Waals surface area contributed by atoms with E-state index < -0.39 is 6.10 Å². The summed E-state index contributed by atoms with van der Waals surface area (Å²) in [5, 5.41) is 0. The maximum absolute atomic E-state index is 11.7. The lowest BCUT2D eigenvalue weighted by Gasteiger charge is -2.04. The largest absolute Gasteiger partial charge is 0.454 e. The molecule has 0 amide bonds. The minimum absolute atomic E-state index is 0.0912. The van der Waals surface area contributed by atoms with E-state index in [1.54, 1.807) is 6.07 Å². The van der Waals surface area contributed by atoms with Crippen LogP contribution in [0.2, 0.25) is 0 Å². The highest BCUT2D eigenvalue weighted by atomic mass is 79.9. The summed E-state index contributed by atoms with van der Waals surface area (Å²) in [4.78, 5) is 23.2. The monoisotopic (exact) mass is 274 g/mol. The highest BCUT2D eigenvalue weighted by Gasteiger charge is 2.31. The van der Waals surface area contributed by atoms with Gasteiger partial charge >= 0.3 is 5.97 Å². The van der Waals surface area contributed by atoms with Crippen molar-refractivity contribution in [1.29, 1.82) is 0 Å². The molecule has 5 heteroatoms. The molecular weight excluding hydrogens is 268 g/mol. The molecule has 1 aromatic heterocycles. The van der Waals surface area contributed by atoms with Crippen LogP contribution < -0.4 is 0 Å². The molecular formula is C9H7BrO3S. The molecule has 2 rings (SSSR count). The predicted molar refractivity (Wildman–Crippen MR) is 55.5 cm³/mol. The first kappa shape index (κ1) is 9.86. The highest BCUT2D eigenvalue weighted by molar-refractivity contribution is 9.11. The van der Waals surface area contributed by atoms with Gasteiger partial charge in [-0.15, -0.1) is 11.3 Å². The SMILES string of the molecule is O=C1CCC(C(=O)c2ccc(Br)s2)O1. The number of esters is 1. The van der Waals surface area contributed by atoms with Crippen LogP contribution in [0, 0.1) is 0 Å². The zero-order valence-corrected chi connectivity index (χ0v) is 9.56. The van der Waals surface area contributed by atoms with Crippen LogP contribution >= 0.6 is 27.3 Å². The summed E-state index contributed by atoms with van der Waals surface area (Å²) in [5.41, 5.74) is 0. The third-order valence-electron chi connectivity index (χ3n) is 1.99. The van der Waals surface area contributed by atoms with E-state index in [1.807, 2.05) is 6.07 Å². The smallest absolute Gasteiger partial charge is 0.306 e. The maximum atomic E-state index is 11.7. The van der Waals surface area contributed by atoms with E-state index in [1.165, 1.54) is 11.3 Å². The molecule has 0 aromatic carbocycles. The molecule has 1 fully saturated rings. The van der Waals surface area contributed by atoms with E-state index in [2.05, 4.69) is 15.9 Å². The Labute approximate surface area is 93.2 Å². The van der Waals surface area contributed by atoms with Crippen LogP contribution in [0.25, 0.3) is 0 Å². The van der Waals surface area contributed by atoms with Crippen molar-refractivity contribution < 1.29 is 14.3 Å². The van der Waals surface area contributed by atoms with Gasteiger partial charge in [0.1, 0.15) is 0 Å². The number of halogens is 1. The number of hydrogen-bond donors (Lipinski definition) is 0. The van der Waals surface area contributed by atoms with Crippen LogP contribution in [0.4, 0.5) is 0 Å². The van der Waals surface area contributed by atoms with Crippen LogP contribution in [0.5, 0.6) is 0 Å². The maximum Gasteiger partial charge on any atom is 0.306 e. The van der Waals surface area contributed by atoms with Crippen molar-refractivity contribution in [3.63, 3.8) is 0 Å². The van der Waals surface area contributed by atoms with Crippen LogP contribution in [0.1, 0.15) is 22.5 Å². The average molecular weight is 275 g/mol. The van der Waals surface area contributed by atoms with Crippen molar-refractivity contribution in [3.05, 3.63) is 20.8 Å². The van der Waals surface area contributed by atoms with E-state index >= 15 is 0 Å². The summed E-state index contributed by atoms with van der Waals surface area (Å²) in [5.74, 6) is -0.370. The van der Waals surface area contributed by atoms with Gasteiger partial charge in [-0.05, 0) is 28.1 Å². The Morgan fingerprint density at radius 3 is 2.86 bits per heavy atom. The lowest BCUT2D eigenvalue weighted by atomic mass is 10.1. The van der Waals surface area contributed by atoms with Gasteiger partial charge in [-0.25, -0.2) is 0 Å². The fourth-order valence-corrected chi connectivity index (χ4v) is 2.69. The van der Waals surface area contributed by atoms with Gasteiger partial charge in [0.05, 0.1) is 8.66 Å². The van der Waals surface area contributed by atoms with Crippen molar-refractivity contribution in [2.75, 3.05) is 0 Å². The van der Waals surface area contributed by atoms with Crippen LogP contribution in [-0.4, -0.2) is 17.9 Å². The Morgan fingerprint density at radius 1 is 1.57 bits per heavy atom. The molecule has 0 radical (unpaired) electrons. The molecule has 1 aliphatic heterocycles. The molecule has 0 bridgehead atoms. The molecule has 2 heterocycles. The molecule has 1 saturated heterocycles. The minimum atomic E-state index is -0.562. The number of rotatable bonds is 2. The Balaban J connectivity index is 2.12. The van der Waals surface area contributed by atoms with Crippen molar-refractivity contribution in [1.82, 2.24) is 0 Å². The molecule has 0 saturated carbocycles. The third kappa shape index (κ3) is 1.88. The number of carbonyl (C=O) groups excluding carboxylic acids is 2. The molecule has 3 nitrogen and oxygen atoms in total. The van der Waals surface area contributed by atoms with Crippen molar-refractivity contribution in [3.8, 4) is 0 Å². The fraction of sp³-hybridized carbons (Fsp3) is 0.333. The second kappa shape index (κ2) is 3.82. The second-order valence-electron chi connectivity index (χ2n) is 2.99. The van der Waals surface area contributed by atoms with Crippen LogP contribution in [-0.2, 0) is 9.53 Å².